The third-order valence-electron chi connectivity index (χ3n) is 3.73. The Labute approximate surface area is 107 Å². The van der Waals surface area contributed by atoms with Crippen molar-refractivity contribution in [2.45, 2.75) is 18.9 Å². The maximum atomic E-state index is 11.5. The highest BCUT2D eigenvalue weighted by Gasteiger charge is 2.32. The molecule has 0 aromatic heterocycles. The van der Waals surface area contributed by atoms with Crippen LogP contribution in [0.3, 0.4) is 0 Å². The maximum Gasteiger partial charge on any atom is 0.323 e. The van der Waals surface area contributed by atoms with Gasteiger partial charge in [-0.1, -0.05) is 36.4 Å². The van der Waals surface area contributed by atoms with E-state index in [4.69, 9.17) is 4.74 Å². The van der Waals surface area contributed by atoms with Gasteiger partial charge in [-0.25, -0.2) is 0 Å². The van der Waals surface area contributed by atoms with E-state index < -0.39 is 0 Å². The van der Waals surface area contributed by atoms with E-state index in [1.54, 1.807) is 0 Å². The zero-order valence-corrected chi connectivity index (χ0v) is 10.3. The number of nitrogens with zero attached hydrogens (tertiary/aromatic N) is 1. The molecule has 3 heteroatoms. The molecule has 3 rings (SSSR count). The zero-order chi connectivity index (χ0) is 12.4. The number of rotatable bonds is 2. The van der Waals surface area contributed by atoms with Gasteiger partial charge in [0.15, 0.2) is 0 Å². The van der Waals surface area contributed by atoms with Gasteiger partial charge in [0.25, 0.3) is 0 Å². The summed E-state index contributed by atoms with van der Waals surface area (Å²) in [6.45, 7) is 2.37. The third-order valence-corrected chi connectivity index (χ3v) is 3.73. The molecule has 0 saturated carbocycles. The smallest absolute Gasteiger partial charge is 0.323 e. The highest BCUT2D eigenvalue weighted by molar-refractivity contribution is 5.78. The molecule has 0 spiro atoms. The topological polar surface area (TPSA) is 29.5 Å². The second-order valence-corrected chi connectivity index (χ2v) is 4.81. The minimum atomic E-state index is -0.0495. The van der Waals surface area contributed by atoms with Crippen molar-refractivity contribution < 1.29 is 9.53 Å². The second kappa shape index (κ2) is 4.94. The number of hydrogen-bond donors (Lipinski definition) is 0. The van der Waals surface area contributed by atoms with Crippen LogP contribution in [0.25, 0.3) is 5.57 Å². The summed E-state index contributed by atoms with van der Waals surface area (Å²) in [5.41, 5.74) is 2.68. The van der Waals surface area contributed by atoms with E-state index in [0.29, 0.717) is 6.61 Å². The molecule has 1 aromatic carbocycles. The van der Waals surface area contributed by atoms with E-state index in [9.17, 15) is 4.79 Å². The van der Waals surface area contributed by atoms with Crippen molar-refractivity contribution in [1.82, 2.24) is 4.90 Å². The number of cyclic esters (lactones) is 1. The first-order valence-corrected chi connectivity index (χ1v) is 6.50. The molecule has 0 radical (unpaired) electrons. The fraction of sp³-hybridized carbons (Fsp3) is 0.400. The molecule has 0 N–H and O–H groups in total. The second-order valence-electron chi connectivity index (χ2n) is 4.81. The van der Waals surface area contributed by atoms with Crippen molar-refractivity contribution in [3.05, 3.63) is 42.0 Å². The molecule has 18 heavy (non-hydrogen) atoms. The predicted octanol–water partition coefficient (Wildman–Crippen LogP) is 2.09. The van der Waals surface area contributed by atoms with Crippen LogP contribution in [0.5, 0.6) is 0 Å². The lowest BCUT2D eigenvalue weighted by molar-refractivity contribution is -0.142. The summed E-state index contributed by atoms with van der Waals surface area (Å²) in [7, 11) is 0. The summed E-state index contributed by atoms with van der Waals surface area (Å²) in [4.78, 5) is 13.8. The van der Waals surface area contributed by atoms with E-state index in [2.05, 4.69) is 35.2 Å². The van der Waals surface area contributed by atoms with Gasteiger partial charge in [-0.3, -0.25) is 9.69 Å². The van der Waals surface area contributed by atoms with E-state index in [0.717, 1.165) is 25.9 Å². The number of carbonyl (C=O) groups excluding carboxylic acids is 1. The zero-order valence-electron chi connectivity index (χ0n) is 10.3. The summed E-state index contributed by atoms with van der Waals surface area (Å²) >= 11 is 0. The summed E-state index contributed by atoms with van der Waals surface area (Å²) in [5.74, 6) is -0.0495. The van der Waals surface area contributed by atoms with E-state index >= 15 is 0 Å². The Hall–Kier alpha value is -1.61. The molecule has 94 valence electrons. The normalized spacial score (nSPS) is 24.8. The Bertz CT molecular complexity index is 467. The molecule has 0 bridgehead atoms. The van der Waals surface area contributed by atoms with Crippen LogP contribution >= 0.6 is 0 Å². The standard InChI is InChI=1S/C15H17NO2/c17-15-14(8-11-18-15)16-9-6-13(7-10-16)12-4-2-1-3-5-12/h1-6,14H,7-11H2/t14-/m1/s1. The van der Waals surface area contributed by atoms with Crippen molar-refractivity contribution in [3.63, 3.8) is 0 Å². The van der Waals surface area contributed by atoms with Crippen molar-refractivity contribution in [3.8, 4) is 0 Å². The molecule has 1 atom stereocenters. The van der Waals surface area contributed by atoms with Crippen molar-refractivity contribution in [2.24, 2.45) is 0 Å². The Balaban J connectivity index is 1.70. The van der Waals surface area contributed by atoms with Gasteiger partial charge in [-0.15, -0.1) is 0 Å². The Morgan fingerprint density at radius 1 is 1.22 bits per heavy atom. The summed E-state index contributed by atoms with van der Waals surface area (Å²) in [5, 5.41) is 0. The number of benzene rings is 1. The first-order chi connectivity index (χ1) is 8.84. The van der Waals surface area contributed by atoms with Crippen LogP contribution in [-0.4, -0.2) is 36.6 Å². The van der Waals surface area contributed by atoms with Crippen LogP contribution < -0.4 is 0 Å². The van der Waals surface area contributed by atoms with Crippen LogP contribution in [0, 0.1) is 0 Å². The minimum Gasteiger partial charge on any atom is -0.464 e. The Morgan fingerprint density at radius 2 is 2.06 bits per heavy atom. The lowest BCUT2D eigenvalue weighted by Crippen LogP contribution is -2.41. The summed E-state index contributed by atoms with van der Waals surface area (Å²) < 4.78 is 5.03. The van der Waals surface area contributed by atoms with Crippen LogP contribution in [-0.2, 0) is 9.53 Å². The molecule has 1 saturated heterocycles. The predicted molar refractivity (Wildman–Crippen MR) is 70.0 cm³/mol. The largest absolute Gasteiger partial charge is 0.464 e. The maximum absolute atomic E-state index is 11.5. The molecule has 0 unspecified atom stereocenters. The molecular weight excluding hydrogens is 226 g/mol. The lowest BCUT2D eigenvalue weighted by atomic mass is 9.98. The fourth-order valence-electron chi connectivity index (χ4n) is 2.70. The van der Waals surface area contributed by atoms with Crippen LogP contribution in [0.4, 0.5) is 0 Å². The molecule has 0 aliphatic carbocycles. The quantitative estimate of drug-likeness (QED) is 0.745. The fourth-order valence-corrected chi connectivity index (χ4v) is 2.70. The van der Waals surface area contributed by atoms with Crippen molar-refractivity contribution in [2.75, 3.05) is 19.7 Å². The molecule has 2 aliphatic rings. The van der Waals surface area contributed by atoms with Gasteiger partial charge in [0.1, 0.15) is 6.04 Å². The third kappa shape index (κ3) is 2.18. The summed E-state index contributed by atoms with van der Waals surface area (Å²) in [6, 6.07) is 10.4. The number of hydrogen-bond acceptors (Lipinski definition) is 3. The molecular formula is C15H17NO2. The SMILES string of the molecule is O=C1OCC[C@H]1N1CC=C(c2ccccc2)CC1. The van der Waals surface area contributed by atoms with E-state index in [1.807, 2.05) is 6.07 Å². The first-order valence-electron chi connectivity index (χ1n) is 6.50. The molecule has 2 aliphatic heterocycles. The van der Waals surface area contributed by atoms with Crippen LogP contribution in [0.1, 0.15) is 18.4 Å². The van der Waals surface area contributed by atoms with Gasteiger partial charge in [-0.05, 0) is 17.6 Å². The van der Waals surface area contributed by atoms with Gasteiger partial charge >= 0.3 is 5.97 Å². The molecule has 1 fully saturated rings. The Morgan fingerprint density at radius 3 is 2.67 bits per heavy atom. The monoisotopic (exact) mass is 243 g/mol. The molecule has 2 heterocycles. The number of esters is 1. The molecule has 0 amide bonds. The van der Waals surface area contributed by atoms with Crippen molar-refractivity contribution >= 4 is 11.5 Å². The van der Waals surface area contributed by atoms with Gasteiger partial charge < -0.3 is 4.74 Å². The highest BCUT2D eigenvalue weighted by Crippen LogP contribution is 2.25. The molecule has 1 aromatic rings. The number of carbonyl (C=O) groups is 1. The van der Waals surface area contributed by atoms with Gasteiger partial charge in [0.2, 0.25) is 0 Å². The summed E-state index contributed by atoms with van der Waals surface area (Å²) in [6.07, 6.45) is 4.09. The average molecular weight is 243 g/mol. The van der Waals surface area contributed by atoms with Crippen LogP contribution in [0.2, 0.25) is 0 Å². The van der Waals surface area contributed by atoms with Crippen molar-refractivity contribution in [1.29, 1.82) is 0 Å². The first kappa shape index (κ1) is 11.5. The van der Waals surface area contributed by atoms with Gasteiger partial charge in [-0.2, -0.15) is 0 Å². The molecule has 3 nitrogen and oxygen atoms in total. The Kier molecular flexibility index (Phi) is 3.15. The average Bonchev–Trinajstić information content (AvgIpc) is 2.86. The van der Waals surface area contributed by atoms with E-state index in [-0.39, 0.29) is 12.0 Å². The lowest BCUT2D eigenvalue weighted by Gasteiger charge is -2.29. The van der Waals surface area contributed by atoms with Gasteiger partial charge in [0.05, 0.1) is 6.61 Å². The van der Waals surface area contributed by atoms with Gasteiger partial charge in [0, 0.05) is 19.5 Å². The minimum absolute atomic E-state index is 0.0152. The highest BCUT2D eigenvalue weighted by atomic mass is 16.5. The van der Waals surface area contributed by atoms with Crippen LogP contribution in [0.15, 0.2) is 36.4 Å². The number of ether oxygens (including phenoxy) is 1. The van der Waals surface area contributed by atoms with E-state index in [1.165, 1.54) is 11.1 Å².